The number of anilines is 1. The van der Waals surface area contributed by atoms with Gasteiger partial charge in [0.05, 0.1) is 6.54 Å². The lowest BCUT2D eigenvalue weighted by atomic mass is 10.2. The number of carbonyl (C=O) groups is 2. The molecule has 1 fully saturated rings. The van der Waals surface area contributed by atoms with Crippen molar-refractivity contribution in [2.45, 2.75) is 6.54 Å². The number of carbonyl (C=O) groups excluding carboxylic acids is 2. The molecule has 1 saturated heterocycles. The highest BCUT2D eigenvalue weighted by Gasteiger charge is 2.20. The fraction of sp³-hybridized carbons (Fsp3) is 0.333. The summed E-state index contributed by atoms with van der Waals surface area (Å²) in [4.78, 5) is 28.7. The molecule has 0 aliphatic carbocycles. The molecule has 3 amide bonds. The Hall–Kier alpha value is -2.81. The van der Waals surface area contributed by atoms with Gasteiger partial charge >= 0.3 is 6.03 Å². The zero-order valence-corrected chi connectivity index (χ0v) is 17.2. The van der Waals surface area contributed by atoms with E-state index in [1.54, 1.807) is 18.2 Å². The summed E-state index contributed by atoms with van der Waals surface area (Å²) >= 11 is 5.93. The molecular weight excluding hydrogens is 408 g/mol. The van der Waals surface area contributed by atoms with Crippen LogP contribution in [0.25, 0.3) is 0 Å². The summed E-state index contributed by atoms with van der Waals surface area (Å²) in [5.41, 5.74) is 1.74. The maximum absolute atomic E-state index is 12.2. The highest BCUT2D eigenvalue weighted by Crippen LogP contribution is 2.34. The standard InChI is InChI=1S/C21H23ClN4O4/c22-16-3-1-15(2-4-16)12-25-7-9-26(10-8-25)13-20(27)24-21(28)23-17-5-6-18-19(11-17)30-14-29-18/h1-6,11H,7-10,12-14H2,(H2,23,24,27,28). The van der Waals surface area contributed by atoms with Crippen LogP contribution in [-0.4, -0.2) is 61.3 Å². The van der Waals surface area contributed by atoms with Gasteiger partial charge in [-0.3, -0.25) is 19.9 Å². The van der Waals surface area contributed by atoms with Gasteiger partial charge in [0, 0.05) is 49.5 Å². The minimum absolute atomic E-state index is 0.163. The Morgan fingerprint density at radius 3 is 2.40 bits per heavy atom. The highest BCUT2D eigenvalue weighted by molar-refractivity contribution is 6.30. The number of ether oxygens (including phenoxy) is 2. The molecule has 0 bridgehead atoms. The number of nitrogens with zero attached hydrogens (tertiary/aromatic N) is 2. The van der Waals surface area contributed by atoms with Crippen molar-refractivity contribution in [1.82, 2.24) is 15.1 Å². The van der Waals surface area contributed by atoms with E-state index in [0.29, 0.717) is 17.2 Å². The smallest absolute Gasteiger partial charge is 0.325 e. The molecule has 2 aliphatic rings. The first-order chi connectivity index (χ1) is 14.5. The average molecular weight is 431 g/mol. The first kappa shape index (κ1) is 20.5. The Morgan fingerprint density at radius 2 is 1.63 bits per heavy atom. The van der Waals surface area contributed by atoms with E-state index in [1.165, 1.54) is 5.56 Å². The second-order valence-corrected chi connectivity index (χ2v) is 7.69. The molecule has 2 aromatic rings. The number of halogens is 1. The largest absolute Gasteiger partial charge is 0.454 e. The molecule has 0 spiro atoms. The van der Waals surface area contributed by atoms with Crippen molar-refractivity contribution >= 4 is 29.2 Å². The SMILES string of the molecule is O=C(CN1CCN(Cc2ccc(Cl)cc2)CC1)NC(=O)Nc1ccc2c(c1)OCO2. The van der Waals surface area contributed by atoms with E-state index in [0.717, 1.165) is 37.7 Å². The average Bonchev–Trinajstić information content (AvgIpc) is 3.19. The van der Waals surface area contributed by atoms with E-state index in [-0.39, 0.29) is 19.2 Å². The van der Waals surface area contributed by atoms with Gasteiger partial charge < -0.3 is 14.8 Å². The second-order valence-electron chi connectivity index (χ2n) is 7.25. The van der Waals surface area contributed by atoms with E-state index >= 15 is 0 Å². The van der Waals surface area contributed by atoms with Crippen LogP contribution in [0.5, 0.6) is 11.5 Å². The summed E-state index contributed by atoms with van der Waals surface area (Å²) in [6.07, 6.45) is 0. The molecule has 0 radical (unpaired) electrons. The zero-order chi connectivity index (χ0) is 20.9. The summed E-state index contributed by atoms with van der Waals surface area (Å²) in [6, 6.07) is 12.3. The molecule has 8 nitrogen and oxygen atoms in total. The molecule has 0 atom stereocenters. The molecule has 9 heteroatoms. The molecule has 0 saturated carbocycles. The van der Waals surface area contributed by atoms with E-state index < -0.39 is 6.03 Å². The van der Waals surface area contributed by atoms with E-state index in [4.69, 9.17) is 21.1 Å². The quantitative estimate of drug-likeness (QED) is 0.758. The Labute approximate surface area is 179 Å². The van der Waals surface area contributed by atoms with Crippen LogP contribution in [0.2, 0.25) is 5.02 Å². The molecule has 2 aliphatic heterocycles. The number of nitrogens with one attached hydrogen (secondary N) is 2. The lowest BCUT2D eigenvalue weighted by Gasteiger charge is -2.34. The Kier molecular flexibility index (Phi) is 6.37. The molecule has 0 unspecified atom stereocenters. The van der Waals surface area contributed by atoms with Crippen molar-refractivity contribution in [2.75, 3.05) is 44.8 Å². The van der Waals surface area contributed by atoms with Gasteiger partial charge in [-0.1, -0.05) is 23.7 Å². The van der Waals surface area contributed by atoms with Gasteiger partial charge in [-0.25, -0.2) is 4.79 Å². The van der Waals surface area contributed by atoms with Crippen molar-refractivity contribution in [3.63, 3.8) is 0 Å². The number of fused-ring (bicyclic) bond motifs is 1. The number of hydrogen-bond acceptors (Lipinski definition) is 6. The van der Waals surface area contributed by atoms with Crippen LogP contribution in [0.15, 0.2) is 42.5 Å². The summed E-state index contributed by atoms with van der Waals surface area (Å²) in [6.45, 7) is 4.46. The number of urea groups is 1. The van der Waals surface area contributed by atoms with Crippen LogP contribution < -0.4 is 20.1 Å². The number of rotatable bonds is 5. The van der Waals surface area contributed by atoms with Crippen molar-refractivity contribution in [3.8, 4) is 11.5 Å². The van der Waals surface area contributed by atoms with Crippen LogP contribution in [0, 0.1) is 0 Å². The molecule has 158 valence electrons. The topological polar surface area (TPSA) is 83.1 Å². The third kappa shape index (κ3) is 5.41. The molecule has 0 aromatic heterocycles. The summed E-state index contributed by atoms with van der Waals surface area (Å²) in [7, 11) is 0. The van der Waals surface area contributed by atoms with Gasteiger partial charge in [0.15, 0.2) is 11.5 Å². The molecule has 30 heavy (non-hydrogen) atoms. The van der Waals surface area contributed by atoms with Crippen molar-refractivity contribution in [1.29, 1.82) is 0 Å². The molecule has 2 aromatic carbocycles. The second kappa shape index (κ2) is 9.34. The normalized spacial score (nSPS) is 16.3. The van der Waals surface area contributed by atoms with Gasteiger partial charge in [-0.05, 0) is 29.8 Å². The fourth-order valence-corrected chi connectivity index (χ4v) is 3.59. The van der Waals surface area contributed by atoms with Crippen LogP contribution in [0.1, 0.15) is 5.56 Å². The summed E-state index contributed by atoms with van der Waals surface area (Å²) in [5.74, 6) is 0.863. The number of benzene rings is 2. The lowest BCUT2D eigenvalue weighted by molar-refractivity contribution is -0.121. The number of imide groups is 1. The summed E-state index contributed by atoms with van der Waals surface area (Å²) < 4.78 is 10.5. The van der Waals surface area contributed by atoms with Crippen LogP contribution in [0.3, 0.4) is 0 Å². The van der Waals surface area contributed by atoms with Gasteiger partial charge in [0.2, 0.25) is 12.7 Å². The monoisotopic (exact) mass is 430 g/mol. The maximum atomic E-state index is 12.2. The Balaban J connectivity index is 1.18. The van der Waals surface area contributed by atoms with Crippen LogP contribution in [-0.2, 0) is 11.3 Å². The summed E-state index contributed by atoms with van der Waals surface area (Å²) in [5, 5.41) is 5.74. The van der Waals surface area contributed by atoms with Gasteiger partial charge in [-0.15, -0.1) is 0 Å². The number of amides is 3. The number of hydrogen-bond donors (Lipinski definition) is 2. The highest BCUT2D eigenvalue weighted by atomic mass is 35.5. The Bertz CT molecular complexity index is 914. The first-order valence-electron chi connectivity index (χ1n) is 9.75. The predicted molar refractivity (Wildman–Crippen MR) is 113 cm³/mol. The maximum Gasteiger partial charge on any atom is 0.325 e. The van der Waals surface area contributed by atoms with Crippen LogP contribution in [0.4, 0.5) is 10.5 Å². The van der Waals surface area contributed by atoms with E-state index in [1.807, 2.05) is 29.2 Å². The molecule has 4 rings (SSSR count). The van der Waals surface area contributed by atoms with E-state index in [2.05, 4.69) is 15.5 Å². The minimum atomic E-state index is -0.569. The van der Waals surface area contributed by atoms with Gasteiger partial charge in [0.1, 0.15) is 0 Å². The van der Waals surface area contributed by atoms with Gasteiger partial charge in [0.25, 0.3) is 0 Å². The number of piperazine rings is 1. The minimum Gasteiger partial charge on any atom is -0.454 e. The first-order valence-corrected chi connectivity index (χ1v) is 10.1. The third-order valence-corrected chi connectivity index (χ3v) is 5.29. The zero-order valence-electron chi connectivity index (χ0n) is 16.4. The third-order valence-electron chi connectivity index (χ3n) is 5.03. The molecular formula is C21H23ClN4O4. The van der Waals surface area contributed by atoms with Crippen molar-refractivity contribution in [2.24, 2.45) is 0 Å². The van der Waals surface area contributed by atoms with Crippen LogP contribution >= 0.6 is 11.6 Å². The van der Waals surface area contributed by atoms with Gasteiger partial charge in [-0.2, -0.15) is 0 Å². The molecule has 2 N–H and O–H groups in total. The van der Waals surface area contributed by atoms with Crippen molar-refractivity contribution < 1.29 is 19.1 Å². The Morgan fingerprint density at radius 1 is 0.933 bits per heavy atom. The van der Waals surface area contributed by atoms with Crippen molar-refractivity contribution in [3.05, 3.63) is 53.1 Å². The lowest BCUT2D eigenvalue weighted by Crippen LogP contribution is -2.50. The molecule has 2 heterocycles. The van der Waals surface area contributed by atoms with E-state index in [9.17, 15) is 9.59 Å². The fourth-order valence-electron chi connectivity index (χ4n) is 3.46. The predicted octanol–water partition coefficient (Wildman–Crippen LogP) is 2.53.